The fraction of sp³-hybridized carbons (Fsp3) is 0.500. The highest BCUT2D eigenvalue weighted by molar-refractivity contribution is 7.99. The normalized spacial score (nSPS) is 11.0. The lowest BCUT2D eigenvalue weighted by atomic mass is 10.4. The molecule has 0 aliphatic heterocycles. The molecule has 0 saturated carbocycles. The van der Waals surface area contributed by atoms with Gasteiger partial charge in [0.2, 0.25) is 0 Å². The second kappa shape index (κ2) is 7.61. The van der Waals surface area contributed by atoms with Crippen molar-refractivity contribution in [2.24, 2.45) is 0 Å². The molecular formula is C14H18N2O3S2. The van der Waals surface area contributed by atoms with Gasteiger partial charge in [-0.3, -0.25) is 14.2 Å². The Morgan fingerprint density at radius 2 is 2.29 bits per heavy atom. The molecule has 21 heavy (non-hydrogen) atoms. The Balaban J connectivity index is 2.11. The zero-order valence-corrected chi connectivity index (χ0v) is 13.8. The maximum Gasteiger partial charge on any atom is 0.316 e. The molecule has 0 aliphatic carbocycles. The van der Waals surface area contributed by atoms with Gasteiger partial charge in [0.25, 0.3) is 5.56 Å². The number of ether oxygens (including phenoxy) is 1. The number of hydrogen-bond acceptors (Lipinski definition) is 6. The average Bonchev–Trinajstić information content (AvgIpc) is 2.94. The highest BCUT2D eigenvalue weighted by Gasteiger charge is 2.13. The summed E-state index contributed by atoms with van der Waals surface area (Å²) in [6, 6.07) is 1.82. The van der Waals surface area contributed by atoms with E-state index in [1.165, 1.54) is 23.1 Å². The predicted octanol–water partition coefficient (Wildman–Crippen LogP) is 2.91. The molecule has 0 N–H and O–H groups in total. The van der Waals surface area contributed by atoms with Crippen molar-refractivity contribution >= 4 is 39.3 Å². The first-order valence-electron chi connectivity index (χ1n) is 6.93. The molecule has 7 heteroatoms. The minimum atomic E-state index is -0.268. The maximum absolute atomic E-state index is 12.3. The van der Waals surface area contributed by atoms with E-state index in [-0.39, 0.29) is 17.3 Å². The van der Waals surface area contributed by atoms with Crippen molar-refractivity contribution in [2.75, 3.05) is 12.4 Å². The van der Waals surface area contributed by atoms with Gasteiger partial charge in [-0.15, -0.1) is 11.3 Å². The third kappa shape index (κ3) is 3.85. The van der Waals surface area contributed by atoms with Crippen molar-refractivity contribution in [3.05, 3.63) is 21.8 Å². The van der Waals surface area contributed by atoms with E-state index in [4.69, 9.17) is 4.74 Å². The van der Waals surface area contributed by atoms with Crippen LogP contribution >= 0.6 is 23.1 Å². The topological polar surface area (TPSA) is 61.2 Å². The Bertz CT molecular complexity index is 678. The van der Waals surface area contributed by atoms with Crippen LogP contribution in [-0.4, -0.2) is 27.9 Å². The van der Waals surface area contributed by atoms with Gasteiger partial charge in [-0.25, -0.2) is 4.98 Å². The fourth-order valence-electron chi connectivity index (χ4n) is 1.81. The minimum Gasteiger partial charge on any atom is -0.465 e. The summed E-state index contributed by atoms with van der Waals surface area (Å²) in [5, 5.41) is 2.42. The van der Waals surface area contributed by atoms with Crippen LogP contribution in [0.4, 0.5) is 0 Å². The first-order valence-corrected chi connectivity index (χ1v) is 8.80. The van der Waals surface area contributed by atoms with Gasteiger partial charge in [0.1, 0.15) is 4.70 Å². The number of hydrogen-bond donors (Lipinski definition) is 0. The van der Waals surface area contributed by atoms with Crippen LogP contribution in [0.25, 0.3) is 10.2 Å². The van der Waals surface area contributed by atoms with Gasteiger partial charge in [0.05, 0.1) is 17.9 Å². The van der Waals surface area contributed by atoms with Crippen LogP contribution in [0.15, 0.2) is 21.4 Å². The van der Waals surface area contributed by atoms with Crippen LogP contribution in [0.5, 0.6) is 0 Å². The van der Waals surface area contributed by atoms with E-state index in [1.807, 2.05) is 25.3 Å². The first kappa shape index (κ1) is 16.0. The van der Waals surface area contributed by atoms with Gasteiger partial charge >= 0.3 is 5.97 Å². The quantitative estimate of drug-likeness (QED) is 0.339. The van der Waals surface area contributed by atoms with Crippen LogP contribution < -0.4 is 5.56 Å². The number of carbonyl (C=O) groups excluding carboxylic acids is 1. The van der Waals surface area contributed by atoms with Crippen LogP contribution in [0, 0.1) is 0 Å². The van der Waals surface area contributed by atoms with Crippen LogP contribution in [-0.2, 0) is 16.1 Å². The summed E-state index contributed by atoms with van der Waals surface area (Å²) in [5.41, 5.74) is 0.649. The molecule has 114 valence electrons. The molecule has 0 fully saturated rings. The molecular weight excluding hydrogens is 308 g/mol. The molecule has 0 spiro atoms. The third-order valence-electron chi connectivity index (χ3n) is 2.93. The molecule has 0 saturated heterocycles. The van der Waals surface area contributed by atoms with Crippen molar-refractivity contribution in [3.8, 4) is 0 Å². The van der Waals surface area contributed by atoms with Crippen molar-refractivity contribution in [1.29, 1.82) is 0 Å². The van der Waals surface area contributed by atoms with Crippen LogP contribution in [0.2, 0.25) is 0 Å². The fourth-order valence-corrected chi connectivity index (χ4v) is 3.45. The van der Waals surface area contributed by atoms with Crippen molar-refractivity contribution < 1.29 is 9.53 Å². The Labute approximate surface area is 131 Å². The summed E-state index contributed by atoms with van der Waals surface area (Å²) in [7, 11) is 0. The van der Waals surface area contributed by atoms with Gasteiger partial charge < -0.3 is 4.74 Å². The number of thiophene rings is 1. The van der Waals surface area contributed by atoms with Crippen molar-refractivity contribution in [2.45, 2.75) is 38.4 Å². The van der Waals surface area contributed by atoms with Gasteiger partial charge in [-0.1, -0.05) is 25.1 Å². The van der Waals surface area contributed by atoms with Gasteiger partial charge in [0.15, 0.2) is 5.16 Å². The number of unbranched alkanes of at least 4 members (excludes halogenated alkanes) is 1. The summed E-state index contributed by atoms with van der Waals surface area (Å²) in [6.45, 7) is 4.93. The van der Waals surface area contributed by atoms with Crippen molar-refractivity contribution in [3.63, 3.8) is 0 Å². The lowest BCUT2D eigenvalue weighted by molar-refractivity contribution is -0.140. The zero-order chi connectivity index (χ0) is 15.2. The largest absolute Gasteiger partial charge is 0.465 e. The second-order valence-corrected chi connectivity index (χ2v) is 6.30. The van der Waals surface area contributed by atoms with E-state index < -0.39 is 0 Å². The molecule has 2 aromatic heterocycles. The molecule has 0 radical (unpaired) electrons. The van der Waals surface area contributed by atoms with E-state index in [0.717, 1.165) is 12.8 Å². The van der Waals surface area contributed by atoms with E-state index in [1.54, 1.807) is 4.57 Å². The zero-order valence-electron chi connectivity index (χ0n) is 12.1. The average molecular weight is 326 g/mol. The Hall–Kier alpha value is -1.34. The molecule has 0 aromatic carbocycles. The summed E-state index contributed by atoms with van der Waals surface area (Å²) in [6.07, 6.45) is 1.86. The molecule has 2 heterocycles. The van der Waals surface area contributed by atoms with Crippen LogP contribution in [0.1, 0.15) is 26.7 Å². The summed E-state index contributed by atoms with van der Waals surface area (Å²) >= 11 is 2.65. The number of nitrogens with zero attached hydrogens (tertiary/aromatic N) is 2. The number of carbonyl (C=O) groups is 1. The number of esters is 1. The summed E-state index contributed by atoms with van der Waals surface area (Å²) < 4.78 is 7.37. The summed E-state index contributed by atoms with van der Waals surface area (Å²) in [4.78, 5) is 28.4. The minimum absolute atomic E-state index is 0.0423. The molecule has 0 atom stereocenters. The van der Waals surface area contributed by atoms with Gasteiger partial charge in [-0.05, 0) is 24.8 Å². The van der Waals surface area contributed by atoms with E-state index in [9.17, 15) is 9.59 Å². The van der Waals surface area contributed by atoms with Gasteiger partial charge in [0, 0.05) is 6.54 Å². The number of fused-ring (bicyclic) bond motifs is 1. The molecule has 0 amide bonds. The van der Waals surface area contributed by atoms with E-state index in [2.05, 4.69) is 4.98 Å². The number of thioether (sulfide) groups is 1. The molecule has 0 bridgehead atoms. The number of aromatic nitrogens is 2. The second-order valence-electron chi connectivity index (χ2n) is 4.44. The molecule has 2 rings (SSSR count). The SMILES string of the molecule is CCCCOC(=O)CSc1nc2ccsc2c(=O)n1CC. The smallest absolute Gasteiger partial charge is 0.316 e. The maximum atomic E-state index is 12.3. The van der Waals surface area contributed by atoms with Crippen molar-refractivity contribution in [1.82, 2.24) is 9.55 Å². The lowest BCUT2D eigenvalue weighted by Gasteiger charge is -2.09. The van der Waals surface area contributed by atoms with Crippen LogP contribution in [0.3, 0.4) is 0 Å². The standard InChI is InChI=1S/C14H18N2O3S2/c1-3-5-7-19-11(17)9-21-14-15-10-6-8-20-12(10)13(18)16(14)4-2/h6,8H,3-5,7,9H2,1-2H3. The molecule has 0 unspecified atom stereocenters. The van der Waals surface area contributed by atoms with Gasteiger partial charge in [-0.2, -0.15) is 0 Å². The monoisotopic (exact) mass is 326 g/mol. The molecule has 2 aromatic rings. The Morgan fingerprint density at radius 1 is 1.48 bits per heavy atom. The molecule has 5 nitrogen and oxygen atoms in total. The third-order valence-corrected chi connectivity index (χ3v) is 4.77. The highest BCUT2D eigenvalue weighted by atomic mass is 32.2. The van der Waals surface area contributed by atoms with E-state index in [0.29, 0.717) is 28.5 Å². The lowest BCUT2D eigenvalue weighted by Crippen LogP contribution is -2.22. The Morgan fingerprint density at radius 3 is 3.00 bits per heavy atom. The summed E-state index contributed by atoms with van der Waals surface area (Å²) in [5.74, 6) is -0.0954. The number of rotatable bonds is 7. The first-order chi connectivity index (χ1) is 10.2. The Kier molecular flexibility index (Phi) is 5.81. The highest BCUT2D eigenvalue weighted by Crippen LogP contribution is 2.20. The molecule has 0 aliphatic rings. The van der Waals surface area contributed by atoms with E-state index >= 15 is 0 Å². The predicted molar refractivity (Wildman–Crippen MR) is 86.1 cm³/mol.